The molecule has 0 saturated carbocycles. The summed E-state index contributed by atoms with van der Waals surface area (Å²) in [6.07, 6.45) is 3.61. The quantitative estimate of drug-likeness (QED) is 0.850. The highest BCUT2D eigenvalue weighted by Gasteiger charge is 2.15. The van der Waals surface area contributed by atoms with Crippen molar-refractivity contribution >= 4 is 0 Å². The molecule has 1 N–H and O–H groups in total. The lowest BCUT2D eigenvalue weighted by Crippen LogP contribution is -2.24. The van der Waals surface area contributed by atoms with Crippen LogP contribution in [0.5, 0.6) is 0 Å². The van der Waals surface area contributed by atoms with E-state index < -0.39 is 0 Å². The smallest absolute Gasteiger partial charge is 0.138 e. The molecule has 0 aliphatic heterocycles. The molecule has 0 saturated heterocycles. The summed E-state index contributed by atoms with van der Waals surface area (Å²) in [6.45, 7) is 10.5. The van der Waals surface area contributed by atoms with Gasteiger partial charge >= 0.3 is 0 Å². The van der Waals surface area contributed by atoms with E-state index in [1.54, 1.807) is 6.33 Å². The monoisotopic (exact) mass is 286 g/mol. The van der Waals surface area contributed by atoms with Crippen LogP contribution in [0, 0.1) is 13.8 Å². The van der Waals surface area contributed by atoms with Crippen molar-refractivity contribution in [3.63, 3.8) is 0 Å². The van der Waals surface area contributed by atoms with Crippen molar-refractivity contribution in [3.05, 3.63) is 47.0 Å². The van der Waals surface area contributed by atoms with Crippen molar-refractivity contribution in [3.8, 4) is 0 Å². The predicted molar refractivity (Wildman–Crippen MR) is 86.4 cm³/mol. The lowest BCUT2D eigenvalue weighted by Gasteiger charge is -2.19. The molecule has 0 aliphatic rings. The van der Waals surface area contributed by atoms with E-state index >= 15 is 0 Å². The molecule has 2 rings (SSSR count). The summed E-state index contributed by atoms with van der Waals surface area (Å²) in [4.78, 5) is 4.43. The summed E-state index contributed by atoms with van der Waals surface area (Å²) in [5, 5.41) is 7.89. The fraction of sp³-hybridized carbons (Fsp3) is 0.529. The van der Waals surface area contributed by atoms with Crippen molar-refractivity contribution in [2.45, 2.75) is 53.1 Å². The summed E-state index contributed by atoms with van der Waals surface area (Å²) in [6, 6.07) is 6.99. The third-order valence-electron chi connectivity index (χ3n) is 3.90. The van der Waals surface area contributed by atoms with Crippen LogP contribution in [-0.2, 0) is 13.0 Å². The van der Waals surface area contributed by atoms with Crippen molar-refractivity contribution in [1.29, 1.82) is 0 Å². The number of benzene rings is 1. The van der Waals surface area contributed by atoms with Gasteiger partial charge in [-0.2, -0.15) is 5.10 Å². The van der Waals surface area contributed by atoms with E-state index in [1.165, 1.54) is 16.7 Å². The maximum Gasteiger partial charge on any atom is 0.138 e. The lowest BCUT2D eigenvalue weighted by molar-refractivity contribution is 0.498. The number of hydrogen-bond donors (Lipinski definition) is 1. The van der Waals surface area contributed by atoms with Gasteiger partial charge in [0.05, 0.1) is 0 Å². The fourth-order valence-corrected chi connectivity index (χ4v) is 2.56. The molecule has 1 heterocycles. The maximum atomic E-state index is 4.43. The molecule has 4 nitrogen and oxygen atoms in total. The molecule has 0 spiro atoms. The van der Waals surface area contributed by atoms with E-state index in [0.29, 0.717) is 0 Å². The molecule has 0 amide bonds. The predicted octanol–water partition coefficient (Wildman–Crippen LogP) is 3.20. The number of nitrogens with zero attached hydrogens (tertiary/aromatic N) is 3. The number of aromatic nitrogens is 3. The second-order valence-corrected chi connectivity index (χ2v) is 5.56. The van der Waals surface area contributed by atoms with E-state index in [9.17, 15) is 0 Å². The summed E-state index contributed by atoms with van der Waals surface area (Å²) in [7, 11) is 0. The van der Waals surface area contributed by atoms with E-state index in [2.05, 4.69) is 61.3 Å². The SMILES string of the molecule is CCCn1ncnc1CC(NCC)c1ccc(C)c(C)c1. The molecular weight excluding hydrogens is 260 g/mol. The lowest BCUT2D eigenvalue weighted by atomic mass is 9.98. The Hall–Kier alpha value is -1.68. The van der Waals surface area contributed by atoms with Crippen LogP contribution in [0.2, 0.25) is 0 Å². The second kappa shape index (κ2) is 7.36. The third-order valence-corrected chi connectivity index (χ3v) is 3.90. The van der Waals surface area contributed by atoms with Gasteiger partial charge in [-0.3, -0.25) is 4.68 Å². The van der Waals surface area contributed by atoms with Gasteiger partial charge in [0.15, 0.2) is 0 Å². The molecule has 0 bridgehead atoms. The summed E-state index contributed by atoms with van der Waals surface area (Å²) >= 11 is 0. The Kier molecular flexibility index (Phi) is 5.51. The van der Waals surface area contributed by atoms with Gasteiger partial charge in [-0.1, -0.05) is 32.0 Å². The minimum atomic E-state index is 0.286. The molecule has 1 aromatic heterocycles. The Morgan fingerprint density at radius 2 is 2.00 bits per heavy atom. The van der Waals surface area contributed by atoms with Crippen LogP contribution in [0.1, 0.15) is 48.8 Å². The van der Waals surface area contributed by atoms with Gasteiger partial charge in [-0.05, 0) is 43.5 Å². The zero-order valence-corrected chi connectivity index (χ0v) is 13.6. The molecule has 1 atom stereocenters. The van der Waals surface area contributed by atoms with Crippen LogP contribution in [0.4, 0.5) is 0 Å². The van der Waals surface area contributed by atoms with Gasteiger partial charge in [0.1, 0.15) is 12.2 Å². The Balaban J connectivity index is 2.22. The van der Waals surface area contributed by atoms with Gasteiger partial charge in [-0.25, -0.2) is 4.98 Å². The standard InChI is InChI=1S/C17H26N4/c1-5-9-21-17(19-12-20-21)11-16(18-6-2)15-8-7-13(3)14(4)10-15/h7-8,10,12,16,18H,5-6,9,11H2,1-4H3. The average Bonchev–Trinajstić information content (AvgIpc) is 2.89. The van der Waals surface area contributed by atoms with E-state index in [-0.39, 0.29) is 6.04 Å². The fourth-order valence-electron chi connectivity index (χ4n) is 2.56. The molecule has 21 heavy (non-hydrogen) atoms. The molecule has 1 aromatic carbocycles. The van der Waals surface area contributed by atoms with Gasteiger partial charge in [0.2, 0.25) is 0 Å². The average molecular weight is 286 g/mol. The molecule has 114 valence electrons. The zero-order chi connectivity index (χ0) is 15.2. The molecule has 0 radical (unpaired) electrons. The number of nitrogens with one attached hydrogen (secondary N) is 1. The molecular formula is C17H26N4. The number of likely N-dealkylation sites (N-methyl/N-ethyl adjacent to an activating group) is 1. The van der Waals surface area contributed by atoms with Gasteiger partial charge in [0, 0.05) is 19.0 Å². The largest absolute Gasteiger partial charge is 0.310 e. The summed E-state index contributed by atoms with van der Waals surface area (Å²) in [5.74, 6) is 1.06. The second-order valence-electron chi connectivity index (χ2n) is 5.56. The molecule has 4 heteroatoms. The Morgan fingerprint density at radius 1 is 1.19 bits per heavy atom. The highest BCUT2D eigenvalue weighted by atomic mass is 15.3. The van der Waals surface area contributed by atoms with Crippen molar-refractivity contribution in [2.75, 3.05) is 6.54 Å². The number of rotatable bonds is 7. The molecule has 1 unspecified atom stereocenters. The third kappa shape index (κ3) is 3.91. The highest BCUT2D eigenvalue weighted by Crippen LogP contribution is 2.20. The number of aryl methyl sites for hydroxylation is 3. The summed E-state index contributed by atoms with van der Waals surface area (Å²) in [5.41, 5.74) is 4.00. The van der Waals surface area contributed by atoms with Crippen LogP contribution in [0.3, 0.4) is 0 Å². The van der Waals surface area contributed by atoms with Crippen molar-refractivity contribution in [2.24, 2.45) is 0 Å². The molecule has 0 aliphatic carbocycles. The first-order valence-corrected chi connectivity index (χ1v) is 7.82. The minimum Gasteiger partial charge on any atom is -0.310 e. The number of hydrogen-bond acceptors (Lipinski definition) is 3. The minimum absolute atomic E-state index is 0.286. The first-order valence-electron chi connectivity index (χ1n) is 7.82. The zero-order valence-electron chi connectivity index (χ0n) is 13.6. The van der Waals surface area contributed by atoms with Crippen LogP contribution in [-0.4, -0.2) is 21.3 Å². The first kappa shape index (κ1) is 15.7. The van der Waals surface area contributed by atoms with E-state index in [4.69, 9.17) is 0 Å². The van der Waals surface area contributed by atoms with Crippen LogP contribution < -0.4 is 5.32 Å². The van der Waals surface area contributed by atoms with Crippen molar-refractivity contribution < 1.29 is 0 Å². The van der Waals surface area contributed by atoms with Crippen LogP contribution >= 0.6 is 0 Å². The van der Waals surface area contributed by atoms with Gasteiger partial charge in [-0.15, -0.1) is 0 Å². The molecule has 2 aromatic rings. The normalized spacial score (nSPS) is 12.6. The highest BCUT2D eigenvalue weighted by molar-refractivity contribution is 5.32. The topological polar surface area (TPSA) is 42.7 Å². The Morgan fingerprint density at radius 3 is 2.67 bits per heavy atom. The van der Waals surface area contributed by atoms with Crippen molar-refractivity contribution in [1.82, 2.24) is 20.1 Å². The maximum absolute atomic E-state index is 4.43. The first-order chi connectivity index (χ1) is 10.2. The Bertz CT molecular complexity index is 574. The van der Waals surface area contributed by atoms with Crippen LogP contribution in [0.15, 0.2) is 24.5 Å². The summed E-state index contributed by atoms with van der Waals surface area (Å²) < 4.78 is 2.02. The van der Waals surface area contributed by atoms with Crippen LogP contribution in [0.25, 0.3) is 0 Å². The van der Waals surface area contributed by atoms with E-state index in [0.717, 1.165) is 31.8 Å². The van der Waals surface area contributed by atoms with Gasteiger partial charge in [0.25, 0.3) is 0 Å². The van der Waals surface area contributed by atoms with E-state index in [1.807, 2.05) is 4.68 Å². The molecule has 0 fully saturated rings. The Labute approximate surface area is 127 Å². The van der Waals surface area contributed by atoms with Gasteiger partial charge < -0.3 is 5.32 Å².